The predicted octanol–water partition coefficient (Wildman–Crippen LogP) is 5.32. The van der Waals surface area contributed by atoms with Gasteiger partial charge in [0.1, 0.15) is 12.6 Å². The summed E-state index contributed by atoms with van der Waals surface area (Å²) in [6.07, 6.45) is -0.654. The second-order valence-electron chi connectivity index (χ2n) is 10.6. The summed E-state index contributed by atoms with van der Waals surface area (Å²) in [5, 5.41) is 17.9. The molecule has 0 amide bonds. The molecule has 0 saturated heterocycles. The molecule has 1 atom stereocenters. The standard InChI is InChI=1S/C33H35N3O2/c1-23(2)34-19-24(37)22-38-25(20-35-30-15-7-3-11-26(30)27-12-4-8-16-31(27)35)21-36-32-17-9-5-13-28(32)29-14-6-10-18-33(29)36/h3-18,23-25,34,37H,19-22H2,1-2H3/p+1/t24-/m1/s1. The van der Waals surface area contributed by atoms with E-state index in [9.17, 15) is 5.11 Å². The summed E-state index contributed by atoms with van der Waals surface area (Å²) in [7, 11) is 0. The molecule has 0 bridgehead atoms. The molecule has 194 valence electrons. The van der Waals surface area contributed by atoms with Gasteiger partial charge >= 0.3 is 0 Å². The number of para-hydroxylation sites is 4. The SMILES string of the molecule is CC(C)[NH2+]C[C@@H](O)COC(Cn1c2ccccc2c2ccccc21)Cn1c2ccccc2c2ccccc21. The molecule has 0 aliphatic carbocycles. The average molecular weight is 507 g/mol. The fraction of sp³-hybridized carbons (Fsp3) is 0.273. The first-order valence-corrected chi connectivity index (χ1v) is 13.6. The van der Waals surface area contributed by atoms with Crippen LogP contribution >= 0.6 is 0 Å². The Balaban J connectivity index is 1.39. The van der Waals surface area contributed by atoms with Crippen molar-refractivity contribution in [2.24, 2.45) is 0 Å². The first-order chi connectivity index (χ1) is 18.6. The number of quaternary nitrogens is 1. The Morgan fingerprint density at radius 2 is 1.00 bits per heavy atom. The Labute approximate surface area is 223 Å². The number of hydrogen-bond acceptors (Lipinski definition) is 2. The van der Waals surface area contributed by atoms with Gasteiger partial charge in [0.25, 0.3) is 0 Å². The molecule has 0 fully saturated rings. The van der Waals surface area contributed by atoms with E-state index in [0.29, 0.717) is 32.3 Å². The first-order valence-electron chi connectivity index (χ1n) is 13.6. The monoisotopic (exact) mass is 506 g/mol. The Kier molecular flexibility index (Phi) is 6.90. The lowest BCUT2D eigenvalue weighted by molar-refractivity contribution is -0.688. The van der Waals surface area contributed by atoms with E-state index in [1.165, 1.54) is 43.6 Å². The molecule has 0 radical (unpaired) electrons. The van der Waals surface area contributed by atoms with Crippen molar-refractivity contribution in [3.8, 4) is 0 Å². The molecule has 2 aromatic heterocycles. The number of aliphatic hydroxyl groups excluding tert-OH is 1. The summed E-state index contributed by atoms with van der Waals surface area (Å²) in [6, 6.07) is 34.8. The Bertz CT molecular complexity index is 1470. The molecule has 0 aliphatic rings. The number of fused-ring (bicyclic) bond motifs is 6. The second-order valence-corrected chi connectivity index (χ2v) is 10.6. The van der Waals surface area contributed by atoms with Crippen LogP contribution in [0.15, 0.2) is 97.1 Å². The van der Waals surface area contributed by atoms with Gasteiger partial charge in [-0.3, -0.25) is 0 Å². The van der Waals surface area contributed by atoms with Gasteiger partial charge in [-0.25, -0.2) is 0 Å². The number of aliphatic hydroxyl groups is 1. The van der Waals surface area contributed by atoms with Crippen molar-refractivity contribution in [1.82, 2.24) is 9.13 Å². The quantitative estimate of drug-likeness (QED) is 0.264. The van der Waals surface area contributed by atoms with Crippen LogP contribution in [0.5, 0.6) is 0 Å². The van der Waals surface area contributed by atoms with E-state index in [2.05, 4.69) is 125 Å². The van der Waals surface area contributed by atoms with E-state index < -0.39 is 6.10 Å². The van der Waals surface area contributed by atoms with Crippen LogP contribution in [0.1, 0.15) is 13.8 Å². The third-order valence-corrected chi connectivity index (χ3v) is 7.54. The summed E-state index contributed by atoms with van der Waals surface area (Å²) >= 11 is 0. The summed E-state index contributed by atoms with van der Waals surface area (Å²) < 4.78 is 11.3. The number of hydrogen-bond donors (Lipinski definition) is 2. The van der Waals surface area contributed by atoms with Gasteiger partial charge in [-0.15, -0.1) is 0 Å². The first kappa shape index (κ1) is 24.7. The van der Waals surface area contributed by atoms with E-state index in [1.54, 1.807) is 0 Å². The van der Waals surface area contributed by atoms with Crippen molar-refractivity contribution in [2.75, 3.05) is 13.2 Å². The molecule has 4 aromatic carbocycles. The van der Waals surface area contributed by atoms with Gasteiger partial charge in [0.2, 0.25) is 0 Å². The zero-order valence-electron chi connectivity index (χ0n) is 22.1. The average Bonchev–Trinajstić information content (AvgIpc) is 3.44. The maximum absolute atomic E-state index is 10.7. The van der Waals surface area contributed by atoms with Gasteiger partial charge in [0.15, 0.2) is 0 Å². The number of nitrogens with two attached hydrogens (primary N) is 1. The lowest BCUT2D eigenvalue weighted by Crippen LogP contribution is -2.90. The molecule has 2 heterocycles. The van der Waals surface area contributed by atoms with E-state index in [-0.39, 0.29) is 6.10 Å². The third-order valence-electron chi connectivity index (χ3n) is 7.54. The zero-order valence-corrected chi connectivity index (χ0v) is 22.1. The molecule has 5 nitrogen and oxygen atoms in total. The highest BCUT2D eigenvalue weighted by Crippen LogP contribution is 2.31. The minimum absolute atomic E-state index is 0.137. The van der Waals surface area contributed by atoms with Crippen molar-refractivity contribution in [3.63, 3.8) is 0 Å². The number of benzene rings is 4. The van der Waals surface area contributed by atoms with Crippen LogP contribution in [0.4, 0.5) is 0 Å². The van der Waals surface area contributed by atoms with Gasteiger partial charge in [0.05, 0.1) is 31.8 Å². The Morgan fingerprint density at radius 1 is 0.632 bits per heavy atom. The summed E-state index contributed by atoms with van der Waals surface area (Å²) in [6.45, 7) is 6.60. The van der Waals surface area contributed by atoms with Crippen molar-refractivity contribution in [3.05, 3.63) is 97.1 Å². The van der Waals surface area contributed by atoms with Gasteiger partial charge in [-0.2, -0.15) is 0 Å². The molecular weight excluding hydrogens is 470 g/mol. The maximum Gasteiger partial charge on any atom is 0.126 e. The van der Waals surface area contributed by atoms with Crippen LogP contribution in [0.3, 0.4) is 0 Å². The van der Waals surface area contributed by atoms with Crippen molar-refractivity contribution in [2.45, 2.75) is 45.2 Å². The summed E-state index contributed by atoms with van der Waals surface area (Å²) in [5.74, 6) is 0. The molecule has 6 rings (SSSR count). The minimum atomic E-state index is -0.517. The molecule has 0 saturated carbocycles. The molecule has 0 aliphatic heterocycles. The Hall–Kier alpha value is -3.64. The predicted molar refractivity (Wildman–Crippen MR) is 157 cm³/mol. The fourth-order valence-corrected chi connectivity index (χ4v) is 5.71. The summed E-state index contributed by atoms with van der Waals surface area (Å²) in [4.78, 5) is 0. The smallest absolute Gasteiger partial charge is 0.126 e. The lowest BCUT2D eigenvalue weighted by atomic mass is 10.2. The molecule has 38 heavy (non-hydrogen) atoms. The maximum atomic E-state index is 10.7. The van der Waals surface area contributed by atoms with Crippen molar-refractivity contribution in [1.29, 1.82) is 0 Å². The second kappa shape index (κ2) is 10.6. The number of nitrogens with zero attached hydrogens (tertiary/aromatic N) is 2. The van der Waals surface area contributed by atoms with Gasteiger partial charge < -0.3 is 24.3 Å². The highest BCUT2D eigenvalue weighted by atomic mass is 16.5. The topological polar surface area (TPSA) is 55.9 Å². The van der Waals surface area contributed by atoms with Crippen LogP contribution in [0.2, 0.25) is 0 Å². The van der Waals surface area contributed by atoms with E-state index in [0.717, 1.165) is 0 Å². The highest BCUT2D eigenvalue weighted by molar-refractivity contribution is 6.08. The largest absolute Gasteiger partial charge is 0.385 e. The Morgan fingerprint density at radius 3 is 1.37 bits per heavy atom. The normalized spacial score (nSPS) is 13.1. The highest BCUT2D eigenvalue weighted by Gasteiger charge is 2.21. The number of aromatic nitrogens is 2. The van der Waals surface area contributed by atoms with Crippen LogP contribution in [0, 0.1) is 0 Å². The van der Waals surface area contributed by atoms with E-state index in [1.807, 2.05) is 0 Å². The minimum Gasteiger partial charge on any atom is -0.385 e. The molecule has 6 aromatic rings. The van der Waals surface area contributed by atoms with E-state index >= 15 is 0 Å². The molecule has 0 spiro atoms. The lowest BCUT2D eigenvalue weighted by Gasteiger charge is -2.23. The zero-order chi connectivity index (χ0) is 26.1. The van der Waals surface area contributed by atoms with E-state index in [4.69, 9.17) is 4.74 Å². The van der Waals surface area contributed by atoms with Gasteiger partial charge in [-0.05, 0) is 38.1 Å². The fourth-order valence-electron chi connectivity index (χ4n) is 5.71. The van der Waals surface area contributed by atoms with Gasteiger partial charge in [-0.1, -0.05) is 72.8 Å². The van der Waals surface area contributed by atoms with Crippen LogP contribution in [0.25, 0.3) is 43.6 Å². The molecular formula is C33H36N3O2+. The van der Waals surface area contributed by atoms with Crippen molar-refractivity contribution < 1.29 is 15.2 Å². The van der Waals surface area contributed by atoms with Crippen LogP contribution < -0.4 is 5.32 Å². The molecule has 3 N–H and O–H groups in total. The third kappa shape index (κ3) is 4.69. The number of rotatable bonds is 10. The summed E-state index contributed by atoms with van der Waals surface area (Å²) in [5.41, 5.74) is 4.83. The molecule has 0 unspecified atom stereocenters. The molecule has 5 heteroatoms. The van der Waals surface area contributed by atoms with Crippen molar-refractivity contribution >= 4 is 43.6 Å². The van der Waals surface area contributed by atoms with Crippen LogP contribution in [-0.4, -0.2) is 45.6 Å². The van der Waals surface area contributed by atoms with Crippen LogP contribution in [-0.2, 0) is 17.8 Å². The van der Waals surface area contributed by atoms with Gasteiger partial charge in [0, 0.05) is 43.6 Å². The number of ether oxygens (including phenoxy) is 1.